The van der Waals surface area contributed by atoms with Crippen molar-refractivity contribution in [2.45, 2.75) is 76.9 Å². The van der Waals surface area contributed by atoms with Gasteiger partial charge in [-0.25, -0.2) is 4.79 Å². The van der Waals surface area contributed by atoms with Gasteiger partial charge in [0.25, 0.3) is 5.91 Å². The summed E-state index contributed by atoms with van der Waals surface area (Å²) >= 11 is 0. The monoisotopic (exact) mass is 421 g/mol. The largest absolute Gasteiger partial charge is 0.462 e. The Morgan fingerprint density at radius 3 is 2.20 bits per heavy atom. The van der Waals surface area contributed by atoms with E-state index in [1.54, 1.807) is 58.9 Å². The molecule has 1 amide bonds. The van der Waals surface area contributed by atoms with E-state index >= 15 is 0 Å². The Kier molecular flexibility index (Phi) is 5.36. The van der Waals surface area contributed by atoms with Gasteiger partial charge in [0.1, 0.15) is 18.3 Å². The number of carbonyl (C=O) groups is 2. The molecule has 30 heavy (non-hydrogen) atoms. The molecule has 0 aromatic heterocycles. The van der Waals surface area contributed by atoms with Gasteiger partial charge < -0.3 is 33.7 Å². The van der Waals surface area contributed by atoms with Crippen LogP contribution in [0.15, 0.2) is 24.3 Å². The molecular weight excluding hydrogens is 394 g/mol. The van der Waals surface area contributed by atoms with Crippen molar-refractivity contribution in [3.05, 3.63) is 29.8 Å². The van der Waals surface area contributed by atoms with E-state index in [1.807, 2.05) is 0 Å². The summed E-state index contributed by atoms with van der Waals surface area (Å²) in [5.41, 5.74) is 0.914. The molecule has 1 aromatic carbocycles. The van der Waals surface area contributed by atoms with Crippen LogP contribution in [0, 0.1) is 0 Å². The van der Waals surface area contributed by atoms with E-state index < -0.39 is 54.2 Å². The first kappa shape index (κ1) is 21.2. The third-order valence-electron chi connectivity index (χ3n) is 5.08. The lowest BCUT2D eigenvalue weighted by atomic mass is 9.98. The van der Waals surface area contributed by atoms with Gasteiger partial charge in [-0.2, -0.15) is 0 Å². The molecule has 3 heterocycles. The minimum Gasteiger partial charge on any atom is -0.462 e. The molecule has 4 rings (SSSR count). The summed E-state index contributed by atoms with van der Waals surface area (Å²) in [5, 5.41) is 2.80. The lowest BCUT2D eigenvalue weighted by molar-refractivity contribution is -0.229. The molecule has 3 fully saturated rings. The van der Waals surface area contributed by atoms with Gasteiger partial charge in [-0.15, -0.1) is 0 Å². The third kappa shape index (κ3) is 4.08. The Bertz CT molecular complexity index is 821. The van der Waals surface area contributed by atoms with E-state index in [9.17, 15) is 9.59 Å². The van der Waals surface area contributed by atoms with Crippen molar-refractivity contribution >= 4 is 17.6 Å². The number of anilines is 1. The van der Waals surface area contributed by atoms with Crippen LogP contribution in [0.5, 0.6) is 0 Å². The van der Waals surface area contributed by atoms with Crippen molar-refractivity contribution in [1.29, 1.82) is 0 Å². The first-order valence-electron chi connectivity index (χ1n) is 10.0. The minimum atomic E-state index is -0.958. The Morgan fingerprint density at radius 2 is 1.53 bits per heavy atom. The molecule has 3 aliphatic heterocycles. The van der Waals surface area contributed by atoms with Crippen LogP contribution in [0.2, 0.25) is 0 Å². The molecule has 164 valence electrons. The molecule has 5 atom stereocenters. The second-order valence-electron chi connectivity index (χ2n) is 8.38. The molecule has 0 aliphatic carbocycles. The molecule has 3 saturated heterocycles. The summed E-state index contributed by atoms with van der Waals surface area (Å²) < 4.78 is 34.6. The van der Waals surface area contributed by atoms with Crippen molar-refractivity contribution in [2.75, 3.05) is 11.9 Å². The van der Waals surface area contributed by atoms with E-state index in [4.69, 9.17) is 28.4 Å². The second-order valence-corrected chi connectivity index (χ2v) is 8.38. The first-order chi connectivity index (χ1) is 14.1. The predicted octanol–water partition coefficient (Wildman–Crippen LogP) is 2.20. The van der Waals surface area contributed by atoms with Gasteiger partial charge in [-0.1, -0.05) is 0 Å². The number of ether oxygens (including phenoxy) is 6. The summed E-state index contributed by atoms with van der Waals surface area (Å²) in [5.74, 6) is -2.56. The fourth-order valence-corrected chi connectivity index (χ4v) is 3.94. The Labute approximate surface area is 174 Å². The van der Waals surface area contributed by atoms with Crippen molar-refractivity contribution in [1.82, 2.24) is 0 Å². The Balaban J connectivity index is 1.50. The molecule has 0 radical (unpaired) electrons. The number of esters is 1. The van der Waals surface area contributed by atoms with E-state index in [0.29, 0.717) is 17.9 Å². The van der Waals surface area contributed by atoms with Crippen molar-refractivity contribution in [2.24, 2.45) is 0 Å². The summed E-state index contributed by atoms with van der Waals surface area (Å²) in [6.45, 7) is 9.16. The average Bonchev–Trinajstić information content (AvgIpc) is 3.15. The molecule has 0 bridgehead atoms. The predicted molar refractivity (Wildman–Crippen MR) is 104 cm³/mol. The summed E-state index contributed by atoms with van der Waals surface area (Å²) in [4.78, 5) is 24.8. The standard InChI is InChI=1S/C21H27NO8/c1-6-25-18(24)11-7-9-12(10-8-11)22-17(23)15-13-14(28-20(2,3)27-13)16-19(26-15)30-21(4,5)29-16/h7-10,13-16,19H,6H2,1-5H3,(H,22,23). The van der Waals surface area contributed by atoms with Gasteiger partial charge in [0, 0.05) is 5.69 Å². The maximum Gasteiger partial charge on any atom is 0.338 e. The van der Waals surface area contributed by atoms with E-state index in [-0.39, 0.29) is 0 Å². The number of benzene rings is 1. The fourth-order valence-electron chi connectivity index (χ4n) is 3.94. The van der Waals surface area contributed by atoms with Crippen LogP contribution in [0.1, 0.15) is 45.0 Å². The van der Waals surface area contributed by atoms with Crippen LogP contribution < -0.4 is 5.32 Å². The third-order valence-corrected chi connectivity index (χ3v) is 5.08. The molecule has 0 saturated carbocycles. The zero-order valence-corrected chi connectivity index (χ0v) is 17.7. The highest BCUT2D eigenvalue weighted by Crippen LogP contribution is 2.44. The van der Waals surface area contributed by atoms with E-state index in [0.717, 1.165) is 0 Å². The van der Waals surface area contributed by atoms with Crippen LogP contribution in [-0.2, 0) is 33.2 Å². The number of rotatable bonds is 4. The van der Waals surface area contributed by atoms with Gasteiger partial charge in [-0.05, 0) is 58.9 Å². The summed E-state index contributed by atoms with van der Waals surface area (Å²) in [6.07, 6.45) is -3.37. The van der Waals surface area contributed by atoms with Crippen LogP contribution >= 0.6 is 0 Å². The van der Waals surface area contributed by atoms with Crippen molar-refractivity contribution in [3.63, 3.8) is 0 Å². The molecular formula is C21H27NO8. The van der Waals surface area contributed by atoms with Gasteiger partial charge >= 0.3 is 5.97 Å². The van der Waals surface area contributed by atoms with Crippen molar-refractivity contribution in [3.8, 4) is 0 Å². The van der Waals surface area contributed by atoms with Crippen LogP contribution in [-0.4, -0.2) is 60.8 Å². The maximum absolute atomic E-state index is 13.0. The van der Waals surface area contributed by atoms with E-state index in [2.05, 4.69) is 5.32 Å². The van der Waals surface area contributed by atoms with Crippen molar-refractivity contribution < 1.29 is 38.0 Å². The zero-order valence-electron chi connectivity index (χ0n) is 17.7. The Morgan fingerprint density at radius 1 is 0.933 bits per heavy atom. The SMILES string of the molecule is CCOC(=O)c1ccc(NC(=O)C2OC3OC(C)(C)OC3C3OC(C)(C)OC23)cc1. The normalized spacial score (nSPS) is 33.4. The van der Waals surface area contributed by atoms with Gasteiger partial charge in [0.2, 0.25) is 0 Å². The van der Waals surface area contributed by atoms with Crippen LogP contribution in [0.25, 0.3) is 0 Å². The molecule has 1 aromatic rings. The highest BCUT2D eigenvalue weighted by molar-refractivity contribution is 5.96. The second kappa shape index (κ2) is 7.58. The highest BCUT2D eigenvalue weighted by Gasteiger charge is 2.62. The average molecular weight is 421 g/mol. The fraction of sp³-hybridized carbons (Fsp3) is 0.619. The number of nitrogens with one attached hydrogen (secondary N) is 1. The quantitative estimate of drug-likeness (QED) is 0.739. The number of amides is 1. The molecule has 5 unspecified atom stereocenters. The number of fused-ring (bicyclic) bond motifs is 3. The maximum atomic E-state index is 13.0. The molecule has 9 heteroatoms. The summed E-state index contributed by atoms with van der Waals surface area (Å²) in [7, 11) is 0. The zero-order chi connectivity index (χ0) is 21.7. The van der Waals surface area contributed by atoms with Gasteiger partial charge in [-0.3, -0.25) is 4.79 Å². The number of carbonyl (C=O) groups excluding carboxylic acids is 2. The van der Waals surface area contributed by atoms with E-state index in [1.165, 1.54) is 0 Å². The first-order valence-corrected chi connectivity index (χ1v) is 10.0. The highest BCUT2D eigenvalue weighted by atomic mass is 16.9. The number of hydrogen-bond donors (Lipinski definition) is 1. The lowest BCUT2D eigenvalue weighted by Gasteiger charge is -2.36. The molecule has 1 N–H and O–H groups in total. The van der Waals surface area contributed by atoms with Gasteiger partial charge in [0.05, 0.1) is 12.2 Å². The van der Waals surface area contributed by atoms with Crippen LogP contribution in [0.4, 0.5) is 5.69 Å². The lowest BCUT2D eigenvalue weighted by Crippen LogP contribution is -2.58. The molecule has 3 aliphatic rings. The minimum absolute atomic E-state index is 0.294. The van der Waals surface area contributed by atoms with Crippen LogP contribution in [0.3, 0.4) is 0 Å². The smallest absolute Gasteiger partial charge is 0.338 e. The van der Waals surface area contributed by atoms with Gasteiger partial charge in [0.15, 0.2) is 24.0 Å². The Hall–Kier alpha value is -2.04. The number of hydrogen-bond acceptors (Lipinski definition) is 8. The topological polar surface area (TPSA) is 102 Å². The summed E-state index contributed by atoms with van der Waals surface area (Å²) in [6, 6.07) is 6.43. The molecule has 9 nitrogen and oxygen atoms in total. The molecule has 0 spiro atoms.